The molecule has 0 heterocycles. The highest BCUT2D eigenvalue weighted by molar-refractivity contribution is 4.62. The SMILES string of the molecule is CCCCCCCCCCCCCCC(O)CNCC(C)CO. The number of hydrogen-bond donors (Lipinski definition) is 3. The second-order valence-electron chi connectivity index (χ2n) is 7.28. The summed E-state index contributed by atoms with van der Waals surface area (Å²) in [6.07, 6.45) is 17.0. The zero-order valence-electron chi connectivity index (χ0n) is 15.9. The van der Waals surface area contributed by atoms with Crippen molar-refractivity contribution in [3.05, 3.63) is 0 Å². The van der Waals surface area contributed by atoms with E-state index in [-0.39, 0.29) is 18.6 Å². The lowest BCUT2D eigenvalue weighted by Crippen LogP contribution is -2.31. The molecule has 0 aromatic carbocycles. The number of unbranched alkanes of at least 4 members (excludes halogenated alkanes) is 11. The molecule has 0 aliphatic carbocycles. The highest BCUT2D eigenvalue weighted by Crippen LogP contribution is 2.12. The van der Waals surface area contributed by atoms with E-state index in [2.05, 4.69) is 12.2 Å². The van der Waals surface area contributed by atoms with Gasteiger partial charge in [0, 0.05) is 13.2 Å². The summed E-state index contributed by atoms with van der Waals surface area (Å²) in [6.45, 7) is 5.92. The fourth-order valence-corrected chi connectivity index (χ4v) is 2.88. The molecule has 140 valence electrons. The molecular weight excluding hydrogens is 286 g/mol. The molecule has 0 radical (unpaired) electrons. The van der Waals surface area contributed by atoms with Crippen molar-refractivity contribution in [2.24, 2.45) is 5.92 Å². The van der Waals surface area contributed by atoms with Crippen molar-refractivity contribution in [2.75, 3.05) is 19.7 Å². The van der Waals surface area contributed by atoms with Gasteiger partial charge in [0.2, 0.25) is 0 Å². The molecule has 3 nitrogen and oxygen atoms in total. The van der Waals surface area contributed by atoms with E-state index in [0.717, 1.165) is 19.4 Å². The molecular formula is C20H43NO2. The summed E-state index contributed by atoms with van der Waals surface area (Å²) in [6, 6.07) is 0. The number of nitrogens with one attached hydrogen (secondary N) is 1. The lowest BCUT2D eigenvalue weighted by Gasteiger charge is -2.14. The van der Waals surface area contributed by atoms with E-state index < -0.39 is 0 Å². The van der Waals surface area contributed by atoms with E-state index >= 15 is 0 Å². The van der Waals surface area contributed by atoms with Crippen molar-refractivity contribution in [3.8, 4) is 0 Å². The Labute approximate surface area is 145 Å². The van der Waals surface area contributed by atoms with Gasteiger partial charge in [-0.05, 0) is 18.9 Å². The highest BCUT2D eigenvalue weighted by Gasteiger charge is 2.05. The van der Waals surface area contributed by atoms with Gasteiger partial charge in [-0.2, -0.15) is 0 Å². The van der Waals surface area contributed by atoms with E-state index in [1.165, 1.54) is 70.6 Å². The van der Waals surface area contributed by atoms with Crippen LogP contribution in [0.1, 0.15) is 97.3 Å². The van der Waals surface area contributed by atoms with Gasteiger partial charge in [-0.15, -0.1) is 0 Å². The summed E-state index contributed by atoms with van der Waals surface area (Å²) in [4.78, 5) is 0. The summed E-state index contributed by atoms with van der Waals surface area (Å²) in [5.41, 5.74) is 0. The van der Waals surface area contributed by atoms with Crippen molar-refractivity contribution in [2.45, 2.75) is 103 Å². The predicted octanol–water partition coefficient (Wildman–Crippen LogP) is 4.66. The normalized spacial score (nSPS) is 14.1. The van der Waals surface area contributed by atoms with E-state index in [1.54, 1.807) is 0 Å². The minimum absolute atomic E-state index is 0.210. The maximum atomic E-state index is 9.87. The number of hydrogen-bond acceptors (Lipinski definition) is 3. The fraction of sp³-hybridized carbons (Fsp3) is 1.00. The van der Waals surface area contributed by atoms with Gasteiger partial charge in [0.05, 0.1) is 6.10 Å². The van der Waals surface area contributed by atoms with Crippen LogP contribution in [0.25, 0.3) is 0 Å². The van der Waals surface area contributed by atoms with E-state index in [9.17, 15) is 5.11 Å². The zero-order valence-corrected chi connectivity index (χ0v) is 15.9. The molecule has 0 aliphatic heterocycles. The lowest BCUT2D eigenvalue weighted by molar-refractivity contribution is 0.153. The molecule has 0 bridgehead atoms. The molecule has 0 aromatic heterocycles. The Morgan fingerprint density at radius 2 is 1.22 bits per heavy atom. The second kappa shape index (κ2) is 18.2. The van der Waals surface area contributed by atoms with Gasteiger partial charge in [-0.1, -0.05) is 90.9 Å². The molecule has 0 amide bonds. The smallest absolute Gasteiger partial charge is 0.0664 e. The lowest BCUT2D eigenvalue weighted by atomic mass is 10.0. The summed E-state index contributed by atoms with van der Waals surface area (Å²) in [5, 5.41) is 22.0. The molecule has 0 aliphatic rings. The third-order valence-corrected chi connectivity index (χ3v) is 4.58. The van der Waals surface area contributed by atoms with E-state index in [0.29, 0.717) is 6.54 Å². The molecule has 0 spiro atoms. The maximum Gasteiger partial charge on any atom is 0.0664 e. The molecule has 0 rings (SSSR count). The molecule has 3 N–H and O–H groups in total. The molecule has 0 saturated carbocycles. The number of rotatable bonds is 18. The summed E-state index contributed by atoms with van der Waals surface area (Å²) >= 11 is 0. The molecule has 2 unspecified atom stereocenters. The Hall–Kier alpha value is -0.120. The summed E-state index contributed by atoms with van der Waals surface area (Å²) < 4.78 is 0. The minimum Gasteiger partial charge on any atom is -0.396 e. The van der Waals surface area contributed by atoms with Crippen LogP contribution < -0.4 is 5.32 Å². The average Bonchev–Trinajstić information content (AvgIpc) is 2.55. The van der Waals surface area contributed by atoms with Crippen LogP contribution in [0.5, 0.6) is 0 Å². The van der Waals surface area contributed by atoms with Gasteiger partial charge in [0.15, 0.2) is 0 Å². The highest BCUT2D eigenvalue weighted by atomic mass is 16.3. The second-order valence-corrected chi connectivity index (χ2v) is 7.28. The topological polar surface area (TPSA) is 52.5 Å². The van der Waals surface area contributed by atoms with Crippen LogP contribution in [-0.4, -0.2) is 36.0 Å². The van der Waals surface area contributed by atoms with Crippen LogP contribution in [0, 0.1) is 5.92 Å². The van der Waals surface area contributed by atoms with Gasteiger partial charge in [-0.3, -0.25) is 0 Å². The van der Waals surface area contributed by atoms with Gasteiger partial charge >= 0.3 is 0 Å². The van der Waals surface area contributed by atoms with Crippen molar-refractivity contribution in [1.29, 1.82) is 0 Å². The van der Waals surface area contributed by atoms with Crippen molar-refractivity contribution in [3.63, 3.8) is 0 Å². The Morgan fingerprint density at radius 1 is 0.739 bits per heavy atom. The van der Waals surface area contributed by atoms with Crippen molar-refractivity contribution in [1.82, 2.24) is 5.32 Å². The van der Waals surface area contributed by atoms with E-state index in [1.807, 2.05) is 6.92 Å². The Bertz CT molecular complexity index is 224. The third kappa shape index (κ3) is 18.1. The number of aliphatic hydroxyl groups is 2. The van der Waals surface area contributed by atoms with Crippen LogP contribution in [-0.2, 0) is 0 Å². The Kier molecular flexibility index (Phi) is 18.1. The average molecular weight is 330 g/mol. The van der Waals surface area contributed by atoms with Gasteiger partial charge in [-0.25, -0.2) is 0 Å². The predicted molar refractivity (Wildman–Crippen MR) is 101 cm³/mol. The number of aliphatic hydroxyl groups excluding tert-OH is 2. The van der Waals surface area contributed by atoms with Gasteiger partial charge < -0.3 is 15.5 Å². The third-order valence-electron chi connectivity index (χ3n) is 4.58. The monoisotopic (exact) mass is 329 g/mol. The molecule has 0 aromatic rings. The molecule has 0 saturated heterocycles. The molecule has 2 atom stereocenters. The first-order valence-electron chi connectivity index (χ1n) is 10.2. The first-order valence-corrected chi connectivity index (χ1v) is 10.2. The van der Waals surface area contributed by atoms with E-state index in [4.69, 9.17) is 5.11 Å². The summed E-state index contributed by atoms with van der Waals surface area (Å²) in [5.74, 6) is 0.272. The van der Waals surface area contributed by atoms with Crippen LogP contribution in [0.3, 0.4) is 0 Å². The van der Waals surface area contributed by atoms with Crippen molar-refractivity contribution < 1.29 is 10.2 Å². The maximum absolute atomic E-state index is 9.87. The zero-order chi connectivity index (χ0) is 17.2. The van der Waals surface area contributed by atoms with Crippen LogP contribution in [0.2, 0.25) is 0 Å². The molecule has 0 fully saturated rings. The quantitative estimate of drug-likeness (QED) is 0.321. The van der Waals surface area contributed by atoms with Crippen LogP contribution >= 0.6 is 0 Å². The Morgan fingerprint density at radius 3 is 1.70 bits per heavy atom. The first kappa shape index (κ1) is 22.9. The van der Waals surface area contributed by atoms with Crippen molar-refractivity contribution >= 4 is 0 Å². The van der Waals surface area contributed by atoms with Gasteiger partial charge in [0.1, 0.15) is 0 Å². The molecule has 23 heavy (non-hydrogen) atoms. The van der Waals surface area contributed by atoms with Crippen LogP contribution in [0.15, 0.2) is 0 Å². The fourth-order valence-electron chi connectivity index (χ4n) is 2.88. The van der Waals surface area contributed by atoms with Crippen LogP contribution in [0.4, 0.5) is 0 Å². The first-order chi connectivity index (χ1) is 11.2. The standard InChI is InChI=1S/C20H43NO2/c1-3-4-5-6-7-8-9-10-11-12-13-14-15-20(23)17-21-16-19(2)18-22/h19-23H,3-18H2,1-2H3. The summed E-state index contributed by atoms with van der Waals surface area (Å²) in [7, 11) is 0. The Balaban J connectivity index is 3.14. The minimum atomic E-state index is -0.232. The van der Waals surface area contributed by atoms with Gasteiger partial charge in [0.25, 0.3) is 0 Å². The largest absolute Gasteiger partial charge is 0.396 e. The molecule has 3 heteroatoms.